The van der Waals surface area contributed by atoms with Crippen molar-refractivity contribution in [2.45, 2.75) is 119 Å². The van der Waals surface area contributed by atoms with Gasteiger partial charge in [-0.25, -0.2) is 0 Å². The first-order valence-electron chi connectivity index (χ1n) is 25.0. The van der Waals surface area contributed by atoms with Crippen LogP contribution in [0.5, 0.6) is 0 Å². The van der Waals surface area contributed by atoms with Gasteiger partial charge in [0.05, 0.1) is 0 Å². The number of fused-ring (bicyclic) bond motifs is 2. The first kappa shape index (κ1) is 50.0. The molecule has 2 amide bonds. The summed E-state index contributed by atoms with van der Waals surface area (Å²) >= 11 is 0. The van der Waals surface area contributed by atoms with Gasteiger partial charge in [0, 0.05) is 141 Å². The summed E-state index contributed by atoms with van der Waals surface area (Å²) in [5, 5.41) is 7.84. The molecule has 2 aromatic carbocycles. The number of carbonyl (C=O) groups excluding carboxylic acids is 2. The standard InChI is InChI=1S/C30H34N4O3.C28H32N4O2/c1-4-5-21-14-20(3)33-30(36)27(21)18-32-29(35)26-15-23(22-7-6-19(2)31-17-22)16-28-25(26)8-11-34(28)24-9-12-37-13-10-24;1-6-7-20-12-19(5)31-28(34)25(20)16-30-27(33)24-13-22(21-9-8-18(4)29-15-21)14-26-23(24)10-11-32(26)17(2)3/h6-8,11,14-17,24H,4-5,9-10,12-13,18H2,1-3H3,(H,32,35)(H,33,36);8-15,17H,6-7,16H2,1-5H3,(H,30,33)(H,31,34). The lowest BCUT2D eigenvalue weighted by molar-refractivity contribution is 0.0707. The molecule has 13 nitrogen and oxygen atoms in total. The molecule has 6 aromatic heterocycles. The molecule has 368 valence electrons. The maximum Gasteiger partial charge on any atom is 0.253 e. The van der Waals surface area contributed by atoms with E-state index in [0.717, 1.165) is 130 Å². The molecule has 8 aromatic rings. The molecular weight excluding hydrogens is 889 g/mol. The quantitative estimate of drug-likeness (QED) is 0.0841. The van der Waals surface area contributed by atoms with E-state index in [1.807, 2.05) is 107 Å². The van der Waals surface area contributed by atoms with Gasteiger partial charge in [-0.05, 0) is 150 Å². The summed E-state index contributed by atoms with van der Waals surface area (Å²) in [6.07, 6.45) is 13.1. The third kappa shape index (κ3) is 11.3. The number of aromatic nitrogens is 6. The van der Waals surface area contributed by atoms with Crippen LogP contribution in [0, 0.1) is 27.7 Å². The predicted octanol–water partition coefficient (Wildman–Crippen LogP) is 10.7. The van der Waals surface area contributed by atoms with Crippen molar-refractivity contribution in [2.24, 2.45) is 0 Å². The van der Waals surface area contributed by atoms with Crippen molar-refractivity contribution >= 4 is 33.6 Å². The van der Waals surface area contributed by atoms with Crippen molar-refractivity contribution in [1.82, 2.24) is 39.7 Å². The van der Waals surface area contributed by atoms with Crippen molar-refractivity contribution in [2.75, 3.05) is 13.2 Å². The molecular formula is C58H66N8O5. The topological polar surface area (TPSA) is 169 Å². The number of carbonyl (C=O) groups is 2. The summed E-state index contributed by atoms with van der Waals surface area (Å²) < 4.78 is 10.0. The van der Waals surface area contributed by atoms with Gasteiger partial charge in [0.15, 0.2) is 0 Å². The zero-order valence-electron chi connectivity index (χ0n) is 42.3. The molecule has 0 radical (unpaired) electrons. The second kappa shape index (κ2) is 22.1. The van der Waals surface area contributed by atoms with Crippen molar-refractivity contribution < 1.29 is 14.3 Å². The fraction of sp³-hybridized carbons (Fsp3) is 0.345. The number of aromatic amines is 2. The highest BCUT2D eigenvalue weighted by Gasteiger charge is 2.22. The maximum atomic E-state index is 13.6. The minimum Gasteiger partial charge on any atom is -0.381 e. The molecule has 71 heavy (non-hydrogen) atoms. The SMILES string of the molecule is CCCc1cc(C)[nH]c(=O)c1CNC(=O)c1cc(-c2ccc(C)nc2)cc2c1ccn2C(C)C.CCCc1cc(C)[nH]c(=O)c1CNC(=O)c1cc(-c2ccc(C)nc2)cc2c1ccn2C1CCOCC1. The average Bonchev–Trinajstić information content (AvgIpc) is 3.99. The Hall–Kier alpha value is -7.38. The molecule has 0 spiro atoms. The van der Waals surface area contributed by atoms with Crippen molar-refractivity contribution in [1.29, 1.82) is 0 Å². The van der Waals surface area contributed by atoms with Gasteiger partial charge < -0.3 is 34.5 Å². The molecule has 0 saturated carbocycles. The van der Waals surface area contributed by atoms with Gasteiger partial charge in [-0.3, -0.25) is 29.1 Å². The molecule has 1 aliphatic rings. The van der Waals surface area contributed by atoms with E-state index in [2.05, 4.69) is 85.7 Å². The first-order valence-corrected chi connectivity index (χ1v) is 25.0. The number of hydrogen-bond acceptors (Lipinski definition) is 7. The predicted molar refractivity (Wildman–Crippen MR) is 283 cm³/mol. The second-order valence-corrected chi connectivity index (χ2v) is 19.1. The number of amides is 2. The normalized spacial score (nSPS) is 12.9. The minimum absolute atomic E-state index is 0.140. The van der Waals surface area contributed by atoms with Crippen LogP contribution in [0.15, 0.2) is 107 Å². The number of pyridine rings is 4. The van der Waals surface area contributed by atoms with Crippen molar-refractivity contribution in [3.8, 4) is 22.3 Å². The van der Waals surface area contributed by atoms with Gasteiger partial charge in [-0.15, -0.1) is 0 Å². The van der Waals surface area contributed by atoms with Crippen LogP contribution in [0.1, 0.15) is 131 Å². The van der Waals surface area contributed by atoms with E-state index in [1.165, 1.54) is 0 Å². The lowest BCUT2D eigenvalue weighted by Crippen LogP contribution is -2.28. The van der Waals surface area contributed by atoms with E-state index < -0.39 is 0 Å². The summed E-state index contributed by atoms with van der Waals surface area (Å²) in [5.41, 5.74) is 13.5. The molecule has 9 rings (SSSR count). The molecule has 0 atom stereocenters. The van der Waals surface area contributed by atoms with Crippen molar-refractivity contribution in [3.63, 3.8) is 0 Å². The molecule has 1 saturated heterocycles. The largest absolute Gasteiger partial charge is 0.381 e. The third-order valence-electron chi connectivity index (χ3n) is 13.4. The van der Waals surface area contributed by atoms with Gasteiger partial charge >= 0.3 is 0 Å². The van der Waals surface area contributed by atoms with Crippen LogP contribution in [-0.4, -0.2) is 54.1 Å². The Kier molecular flexibility index (Phi) is 15.6. The maximum absolute atomic E-state index is 13.6. The van der Waals surface area contributed by atoms with E-state index in [4.69, 9.17) is 4.74 Å². The van der Waals surface area contributed by atoms with Crippen LogP contribution in [0.25, 0.3) is 44.1 Å². The van der Waals surface area contributed by atoms with Gasteiger partial charge in [0.25, 0.3) is 22.9 Å². The highest BCUT2D eigenvalue weighted by Crippen LogP contribution is 2.34. The first-order chi connectivity index (χ1) is 34.2. The number of aryl methyl sites for hydroxylation is 6. The Balaban J connectivity index is 0.000000191. The molecule has 1 fully saturated rings. The fourth-order valence-electron chi connectivity index (χ4n) is 9.71. The highest BCUT2D eigenvalue weighted by atomic mass is 16.5. The number of ether oxygens (including phenoxy) is 1. The number of nitrogens with zero attached hydrogens (tertiary/aromatic N) is 4. The number of benzene rings is 2. The van der Waals surface area contributed by atoms with Gasteiger partial charge in [0.2, 0.25) is 0 Å². The molecule has 13 heteroatoms. The lowest BCUT2D eigenvalue weighted by Gasteiger charge is -2.25. The summed E-state index contributed by atoms with van der Waals surface area (Å²) in [7, 11) is 0. The molecule has 0 bridgehead atoms. The van der Waals surface area contributed by atoms with Crippen molar-refractivity contribution in [3.05, 3.63) is 174 Å². The average molecular weight is 955 g/mol. The van der Waals surface area contributed by atoms with Gasteiger partial charge in [0.1, 0.15) is 0 Å². The smallest absolute Gasteiger partial charge is 0.253 e. The summed E-state index contributed by atoms with van der Waals surface area (Å²) in [4.78, 5) is 67.1. The third-order valence-corrected chi connectivity index (χ3v) is 13.4. The summed E-state index contributed by atoms with van der Waals surface area (Å²) in [6, 6.07) is 24.7. The van der Waals surface area contributed by atoms with Crippen LogP contribution in [0.4, 0.5) is 0 Å². The molecule has 7 heterocycles. The van der Waals surface area contributed by atoms with E-state index in [1.54, 1.807) is 0 Å². The zero-order chi connectivity index (χ0) is 50.3. The lowest BCUT2D eigenvalue weighted by atomic mass is 9.99. The Morgan fingerprint density at radius 3 is 1.59 bits per heavy atom. The Morgan fingerprint density at radius 2 is 1.13 bits per heavy atom. The van der Waals surface area contributed by atoms with Crippen LogP contribution >= 0.6 is 0 Å². The Bertz CT molecular complexity index is 3320. The van der Waals surface area contributed by atoms with Crippen LogP contribution in [-0.2, 0) is 30.7 Å². The zero-order valence-corrected chi connectivity index (χ0v) is 42.3. The Labute approximate surface area is 415 Å². The minimum atomic E-state index is -0.198. The molecule has 0 aliphatic carbocycles. The van der Waals surface area contributed by atoms with E-state index in [0.29, 0.717) is 28.3 Å². The number of hydrogen-bond donors (Lipinski definition) is 4. The van der Waals surface area contributed by atoms with Gasteiger partial charge in [-0.1, -0.05) is 38.8 Å². The van der Waals surface area contributed by atoms with E-state index in [9.17, 15) is 19.2 Å². The number of rotatable bonds is 14. The highest BCUT2D eigenvalue weighted by molar-refractivity contribution is 6.09. The molecule has 4 N–H and O–H groups in total. The monoisotopic (exact) mass is 955 g/mol. The molecule has 1 aliphatic heterocycles. The van der Waals surface area contributed by atoms with Crippen LogP contribution in [0.2, 0.25) is 0 Å². The van der Waals surface area contributed by atoms with E-state index in [-0.39, 0.29) is 42.1 Å². The van der Waals surface area contributed by atoms with Gasteiger partial charge in [-0.2, -0.15) is 0 Å². The fourth-order valence-corrected chi connectivity index (χ4v) is 9.71. The Morgan fingerprint density at radius 1 is 0.648 bits per heavy atom. The summed E-state index contributed by atoms with van der Waals surface area (Å²) in [5.74, 6) is -0.394. The van der Waals surface area contributed by atoms with Crippen LogP contribution < -0.4 is 21.8 Å². The number of H-pyrrole nitrogens is 2. The van der Waals surface area contributed by atoms with E-state index >= 15 is 0 Å². The molecule has 0 unspecified atom stereocenters. The number of nitrogens with one attached hydrogen (secondary N) is 4. The summed E-state index contributed by atoms with van der Waals surface area (Å²) in [6.45, 7) is 17.9. The second-order valence-electron chi connectivity index (χ2n) is 19.1. The van der Waals surface area contributed by atoms with Crippen LogP contribution in [0.3, 0.4) is 0 Å².